The highest BCUT2D eigenvalue weighted by molar-refractivity contribution is 6.32. The minimum Gasteiger partial charge on any atom is -0.495 e. The molecule has 1 unspecified atom stereocenters. The zero-order valence-corrected chi connectivity index (χ0v) is 13.8. The molecule has 0 aliphatic heterocycles. The lowest BCUT2D eigenvalue weighted by Gasteiger charge is -2.18. The summed E-state index contributed by atoms with van der Waals surface area (Å²) < 4.78 is 5.31. The van der Waals surface area contributed by atoms with Crippen molar-refractivity contribution in [2.45, 2.75) is 26.3 Å². The Hall–Kier alpha value is -1.51. The number of nitrogens with one attached hydrogen (secondary N) is 1. The number of halogens is 1. The fraction of sp³-hybridized carbons (Fsp3) is 0.333. The quantitative estimate of drug-likeness (QED) is 0.880. The Bertz CT molecular complexity index is 625. The Labute approximate surface area is 132 Å². The summed E-state index contributed by atoms with van der Waals surface area (Å²) in [7, 11) is 3.62. The molecule has 3 heteroatoms. The molecule has 0 saturated heterocycles. The minimum atomic E-state index is 0.235. The molecule has 0 heterocycles. The van der Waals surface area contributed by atoms with Crippen LogP contribution >= 0.6 is 11.6 Å². The van der Waals surface area contributed by atoms with E-state index in [0.29, 0.717) is 5.02 Å². The SMILES string of the molecule is CNC(Cc1ccc(C)c(C)c1)c1ccc(Cl)c(OC)c1. The molecule has 1 N–H and O–H groups in total. The third-order valence-electron chi connectivity index (χ3n) is 3.94. The van der Waals surface area contributed by atoms with Gasteiger partial charge < -0.3 is 10.1 Å². The average Bonchev–Trinajstić information content (AvgIpc) is 2.49. The monoisotopic (exact) mass is 303 g/mol. The van der Waals surface area contributed by atoms with Crippen LogP contribution in [0.1, 0.15) is 28.3 Å². The summed E-state index contributed by atoms with van der Waals surface area (Å²) in [6.07, 6.45) is 0.933. The molecular formula is C18H22ClNO. The van der Waals surface area contributed by atoms with E-state index in [2.05, 4.69) is 37.4 Å². The van der Waals surface area contributed by atoms with E-state index < -0.39 is 0 Å². The number of hydrogen-bond acceptors (Lipinski definition) is 2. The van der Waals surface area contributed by atoms with Gasteiger partial charge in [0.05, 0.1) is 12.1 Å². The predicted molar refractivity (Wildman–Crippen MR) is 89.4 cm³/mol. The molecule has 1 atom stereocenters. The lowest BCUT2D eigenvalue weighted by atomic mass is 9.96. The molecular weight excluding hydrogens is 282 g/mol. The number of methoxy groups -OCH3 is 1. The summed E-state index contributed by atoms with van der Waals surface area (Å²) in [4.78, 5) is 0. The van der Waals surface area contributed by atoms with Gasteiger partial charge in [0.2, 0.25) is 0 Å². The van der Waals surface area contributed by atoms with Gasteiger partial charge in [0, 0.05) is 6.04 Å². The Kier molecular flexibility index (Phi) is 5.27. The van der Waals surface area contributed by atoms with Crippen molar-refractivity contribution in [3.63, 3.8) is 0 Å². The largest absolute Gasteiger partial charge is 0.495 e. The molecule has 0 aromatic heterocycles. The Morgan fingerprint density at radius 1 is 1.10 bits per heavy atom. The Morgan fingerprint density at radius 3 is 2.48 bits per heavy atom. The minimum absolute atomic E-state index is 0.235. The lowest BCUT2D eigenvalue weighted by molar-refractivity contribution is 0.413. The summed E-state index contributed by atoms with van der Waals surface area (Å²) in [5.74, 6) is 0.717. The molecule has 0 fully saturated rings. The van der Waals surface area contributed by atoms with Crippen LogP contribution in [-0.4, -0.2) is 14.2 Å². The fourth-order valence-corrected chi connectivity index (χ4v) is 2.64. The van der Waals surface area contributed by atoms with E-state index in [0.717, 1.165) is 12.2 Å². The molecule has 0 radical (unpaired) electrons. The first-order valence-electron chi connectivity index (χ1n) is 7.12. The van der Waals surface area contributed by atoms with Crippen molar-refractivity contribution in [2.75, 3.05) is 14.2 Å². The normalized spacial score (nSPS) is 12.2. The van der Waals surface area contributed by atoms with Crippen LogP contribution in [0.2, 0.25) is 5.02 Å². The van der Waals surface area contributed by atoms with Crippen molar-refractivity contribution in [2.24, 2.45) is 0 Å². The van der Waals surface area contributed by atoms with E-state index in [-0.39, 0.29) is 6.04 Å². The highest BCUT2D eigenvalue weighted by Gasteiger charge is 2.13. The maximum atomic E-state index is 6.10. The second-order valence-corrected chi connectivity index (χ2v) is 5.77. The Morgan fingerprint density at radius 2 is 1.86 bits per heavy atom. The van der Waals surface area contributed by atoms with E-state index >= 15 is 0 Å². The maximum absolute atomic E-state index is 6.10. The molecule has 2 nitrogen and oxygen atoms in total. The molecule has 2 aromatic rings. The number of ether oxygens (including phenoxy) is 1. The third kappa shape index (κ3) is 3.78. The lowest BCUT2D eigenvalue weighted by Crippen LogP contribution is -2.19. The summed E-state index contributed by atoms with van der Waals surface area (Å²) >= 11 is 6.10. The molecule has 0 amide bonds. The van der Waals surface area contributed by atoms with Gasteiger partial charge in [0.15, 0.2) is 0 Å². The second-order valence-electron chi connectivity index (χ2n) is 5.36. The summed E-state index contributed by atoms with van der Waals surface area (Å²) in [5.41, 5.74) is 5.16. The fourth-order valence-electron chi connectivity index (χ4n) is 2.45. The summed E-state index contributed by atoms with van der Waals surface area (Å²) in [6.45, 7) is 4.29. The smallest absolute Gasteiger partial charge is 0.137 e. The van der Waals surface area contributed by atoms with Crippen molar-refractivity contribution in [1.82, 2.24) is 5.32 Å². The van der Waals surface area contributed by atoms with Crippen LogP contribution < -0.4 is 10.1 Å². The van der Waals surface area contributed by atoms with E-state index in [1.54, 1.807) is 7.11 Å². The second kappa shape index (κ2) is 6.97. The van der Waals surface area contributed by atoms with Gasteiger partial charge in [-0.25, -0.2) is 0 Å². The van der Waals surface area contributed by atoms with E-state index in [1.807, 2.05) is 25.2 Å². The first-order valence-corrected chi connectivity index (χ1v) is 7.49. The number of likely N-dealkylation sites (N-methyl/N-ethyl adjacent to an activating group) is 1. The van der Waals surface area contributed by atoms with Crippen LogP contribution in [0, 0.1) is 13.8 Å². The van der Waals surface area contributed by atoms with Gasteiger partial charge in [-0.05, 0) is 61.7 Å². The van der Waals surface area contributed by atoms with Gasteiger partial charge in [-0.15, -0.1) is 0 Å². The molecule has 0 aliphatic carbocycles. The number of benzene rings is 2. The van der Waals surface area contributed by atoms with Gasteiger partial charge in [-0.2, -0.15) is 0 Å². The first-order chi connectivity index (χ1) is 10.0. The maximum Gasteiger partial charge on any atom is 0.137 e. The van der Waals surface area contributed by atoms with Crippen LogP contribution in [-0.2, 0) is 6.42 Å². The number of rotatable bonds is 5. The third-order valence-corrected chi connectivity index (χ3v) is 4.25. The van der Waals surface area contributed by atoms with Crippen molar-refractivity contribution in [3.05, 3.63) is 63.7 Å². The number of aryl methyl sites for hydroxylation is 2. The molecule has 0 bridgehead atoms. The van der Waals surface area contributed by atoms with Crippen molar-refractivity contribution in [1.29, 1.82) is 0 Å². The molecule has 112 valence electrons. The highest BCUT2D eigenvalue weighted by atomic mass is 35.5. The Balaban J connectivity index is 2.25. The summed E-state index contributed by atoms with van der Waals surface area (Å²) in [5, 5.41) is 4.01. The van der Waals surface area contributed by atoms with E-state index in [1.165, 1.54) is 22.3 Å². The van der Waals surface area contributed by atoms with Crippen LogP contribution in [0.3, 0.4) is 0 Å². The van der Waals surface area contributed by atoms with Gasteiger partial charge in [-0.1, -0.05) is 35.9 Å². The van der Waals surface area contributed by atoms with Gasteiger partial charge in [0.1, 0.15) is 5.75 Å². The molecule has 2 aromatic carbocycles. The molecule has 0 aliphatic rings. The zero-order chi connectivity index (χ0) is 15.4. The van der Waals surface area contributed by atoms with Crippen molar-refractivity contribution < 1.29 is 4.74 Å². The first kappa shape index (κ1) is 15.9. The molecule has 0 saturated carbocycles. The number of hydrogen-bond donors (Lipinski definition) is 1. The zero-order valence-electron chi connectivity index (χ0n) is 13.0. The van der Waals surface area contributed by atoms with Crippen LogP contribution in [0.15, 0.2) is 36.4 Å². The van der Waals surface area contributed by atoms with Crippen molar-refractivity contribution in [3.8, 4) is 5.75 Å². The summed E-state index contributed by atoms with van der Waals surface area (Å²) in [6, 6.07) is 12.8. The van der Waals surface area contributed by atoms with Gasteiger partial charge in [0.25, 0.3) is 0 Å². The highest BCUT2D eigenvalue weighted by Crippen LogP contribution is 2.29. The predicted octanol–water partition coefficient (Wildman–Crippen LogP) is 4.47. The molecule has 21 heavy (non-hydrogen) atoms. The van der Waals surface area contributed by atoms with E-state index in [4.69, 9.17) is 16.3 Å². The standard InChI is InChI=1S/C18H22ClNO/c1-12-5-6-14(9-13(12)2)10-17(20-3)15-7-8-16(19)18(11-15)21-4/h5-9,11,17,20H,10H2,1-4H3. The van der Waals surface area contributed by atoms with Gasteiger partial charge >= 0.3 is 0 Å². The van der Waals surface area contributed by atoms with Gasteiger partial charge in [-0.3, -0.25) is 0 Å². The van der Waals surface area contributed by atoms with E-state index in [9.17, 15) is 0 Å². The average molecular weight is 304 g/mol. The van der Waals surface area contributed by atoms with Crippen LogP contribution in [0.4, 0.5) is 0 Å². The van der Waals surface area contributed by atoms with Crippen LogP contribution in [0.5, 0.6) is 5.75 Å². The van der Waals surface area contributed by atoms with Crippen LogP contribution in [0.25, 0.3) is 0 Å². The molecule has 2 rings (SSSR count). The molecule has 0 spiro atoms. The van der Waals surface area contributed by atoms with Crippen molar-refractivity contribution >= 4 is 11.6 Å². The topological polar surface area (TPSA) is 21.3 Å².